The Morgan fingerprint density at radius 1 is 1.37 bits per heavy atom. The number of halogens is 3. The van der Waals surface area contributed by atoms with Gasteiger partial charge in [0.2, 0.25) is 0 Å². The van der Waals surface area contributed by atoms with Crippen LogP contribution in [0.5, 0.6) is 0 Å². The van der Waals surface area contributed by atoms with Gasteiger partial charge in [-0.3, -0.25) is 4.79 Å². The molecule has 0 saturated carbocycles. The number of rotatable bonds is 2. The van der Waals surface area contributed by atoms with Gasteiger partial charge < -0.3 is 10.4 Å². The second-order valence-electron chi connectivity index (χ2n) is 4.61. The van der Waals surface area contributed by atoms with Crippen LogP contribution in [0.25, 0.3) is 0 Å². The maximum atomic E-state index is 12.2. The highest BCUT2D eigenvalue weighted by molar-refractivity contribution is 5.96. The van der Waals surface area contributed by atoms with Crippen LogP contribution in [0.15, 0.2) is 18.2 Å². The van der Waals surface area contributed by atoms with E-state index in [-0.39, 0.29) is 11.5 Å². The van der Waals surface area contributed by atoms with Gasteiger partial charge in [0.05, 0.1) is 12.5 Å². The molecule has 1 heterocycles. The van der Waals surface area contributed by atoms with Gasteiger partial charge in [-0.1, -0.05) is 12.1 Å². The van der Waals surface area contributed by atoms with E-state index in [4.69, 9.17) is 0 Å². The Morgan fingerprint density at radius 3 is 2.79 bits per heavy atom. The summed E-state index contributed by atoms with van der Waals surface area (Å²) in [6, 6.07) is 4.43. The molecule has 0 radical (unpaired) electrons. The Kier molecular flexibility index (Phi) is 3.80. The van der Waals surface area contributed by atoms with Crippen molar-refractivity contribution in [3.8, 4) is 0 Å². The SMILES string of the molecule is O=C1NCCCc2ccc(C(O)CC(F)(F)F)cc21. The fraction of sp³-hybridized carbons (Fsp3) is 0.462. The molecule has 1 unspecified atom stereocenters. The first-order valence-corrected chi connectivity index (χ1v) is 6.02. The van der Waals surface area contributed by atoms with E-state index in [1.54, 1.807) is 6.07 Å². The lowest BCUT2D eigenvalue weighted by Crippen LogP contribution is -2.23. The van der Waals surface area contributed by atoms with Crippen LogP contribution in [0.1, 0.15) is 40.4 Å². The van der Waals surface area contributed by atoms with Gasteiger partial charge in [0, 0.05) is 12.1 Å². The van der Waals surface area contributed by atoms with Crippen molar-refractivity contribution in [3.63, 3.8) is 0 Å². The molecule has 0 aromatic heterocycles. The molecule has 0 spiro atoms. The van der Waals surface area contributed by atoms with Crippen molar-refractivity contribution in [1.29, 1.82) is 0 Å². The van der Waals surface area contributed by atoms with E-state index in [1.165, 1.54) is 12.1 Å². The summed E-state index contributed by atoms with van der Waals surface area (Å²) in [7, 11) is 0. The van der Waals surface area contributed by atoms with E-state index in [0.29, 0.717) is 18.5 Å². The maximum absolute atomic E-state index is 12.2. The van der Waals surface area contributed by atoms with Crippen molar-refractivity contribution in [2.24, 2.45) is 0 Å². The number of aryl methyl sites for hydroxylation is 1. The second kappa shape index (κ2) is 5.21. The van der Waals surface area contributed by atoms with Gasteiger partial charge in [0.1, 0.15) is 0 Å². The zero-order valence-corrected chi connectivity index (χ0v) is 10.1. The lowest BCUT2D eigenvalue weighted by molar-refractivity contribution is -0.154. The predicted molar refractivity (Wildman–Crippen MR) is 62.7 cm³/mol. The van der Waals surface area contributed by atoms with Crippen LogP contribution in [0, 0.1) is 0 Å². The molecule has 19 heavy (non-hydrogen) atoms. The quantitative estimate of drug-likeness (QED) is 0.869. The number of benzene rings is 1. The van der Waals surface area contributed by atoms with Gasteiger partial charge in [0.25, 0.3) is 5.91 Å². The summed E-state index contributed by atoms with van der Waals surface area (Å²) < 4.78 is 36.7. The number of carbonyl (C=O) groups excluding carboxylic acids is 1. The molecule has 1 aliphatic rings. The number of alkyl halides is 3. The fourth-order valence-electron chi connectivity index (χ4n) is 2.14. The zero-order chi connectivity index (χ0) is 14.0. The van der Waals surface area contributed by atoms with Crippen LogP contribution in [0.2, 0.25) is 0 Å². The third kappa shape index (κ3) is 3.47. The van der Waals surface area contributed by atoms with Crippen molar-refractivity contribution in [3.05, 3.63) is 34.9 Å². The number of aliphatic hydroxyl groups excluding tert-OH is 1. The molecular formula is C13H14F3NO2. The number of fused-ring (bicyclic) bond motifs is 1. The molecule has 2 rings (SSSR count). The number of hydrogen-bond donors (Lipinski definition) is 2. The van der Waals surface area contributed by atoms with Crippen LogP contribution in [0.3, 0.4) is 0 Å². The molecule has 1 aromatic carbocycles. The number of hydrogen-bond acceptors (Lipinski definition) is 2. The summed E-state index contributed by atoms with van der Waals surface area (Å²) in [5.41, 5.74) is 1.28. The van der Waals surface area contributed by atoms with Crippen LogP contribution in [0.4, 0.5) is 13.2 Å². The molecule has 104 valence electrons. The normalized spacial score (nSPS) is 17.4. The van der Waals surface area contributed by atoms with E-state index in [9.17, 15) is 23.1 Å². The fourth-order valence-corrected chi connectivity index (χ4v) is 2.14. The molecule has 0 aliphatic carbocycles. The standard InChI is InChI=1S/C13H14F3NO2/c14-13(15,16)7-11(18)9-4-3-8-2-1-5-17-12(19)10(8)6-9/h3-4,6,11,18H,1-2,5,7H2,(H,17,19). The molecule has 2 N–H and O–H groups in total. The average Bonchev–Trinajstić information content (AvgIpc) is 2.49. The highest BCUT2D eigenvalue weighted by Gasteiger charge is 2.32. The van der Waals surface area contributed by atoms with Crippen molar-refractivity contribution in [1.82, 2.24) is 5.32 Å². The lowest BCUT2D eigenvalue weighted by atomic mass is 9.97. The van der Waals surface area contributed by atoms with Gasteiger partial charge in [-0.05, 0) is 30.0 Å². The Morgan fingerprint density at radius 2 is 2.11 bits per heavy atom. The van der Waals surface area contributed by atoms with E-state index in [0.717, 1.165) is 12.0 Å². The topological polar surface area (TPSA) is 49.3 Å². The molecule has 1 amide bonds. The first-order valence-electron chi connectivity index (χ1n) is 6.02. The van der Waals surface area contributed by atoms with Crippen molar-refractivity contribution < 1.29 is 23.1 Å². The van der Waals surface area contributed by atoms with Gasteiger partial charge >= 0.3 is 6.18 Å². The zero-order valence-electron chi connectivity index (χ0n) is 10.1. The first kappa shape index (κ1) is 13.9. The minimum atomic E-state index is -4.44. The Balaban J connectivity index is 2.27. The van der Waals surface area contributed by atoms with E-state index in [2.05, 4.69) is 5.32 Å². The van der Waals surface area contributed by atoms with Crippen LogP contribution in [-0.4, -0.2) is 23.7 Å². The minimum absolute atomic E-state index is 0.119. The minimum Gasteiger partial charge on any atom is -0.388 e. The lowest BCUT2D eigenvalue weighted by Gasteiger charge is -2.15. The molecule has 1 atom stereocenters. The second-order valence-corrected chi connectivity index (χ2v) is 4.61. The maximum Gasteiger partial charge on any atom is 0.391 e. The van der Waals surface area contributed by atoms with E-state index >= 15 is 0 Å². The Bertz CT molecular complexity index is 485. The average molecular weight is 273 g/mol. The predicted octanol–water partition coefficient (Wildman–Crippen LogP) is 2.35. The van der Waals surface area contributed by atoms with E-state index < -0.39 is 18.7 Å². The molecular weight excluding hydrogens is 259 g/mol. The highest BCUT2D eigenvalue weighted by Crippen LogP contribution is 2.30. The summed E-state index contributed by atoms with van der Waals surface area (Å²) in [5.74, 6) is -0.298. The first-order chi connectivity index (χ1) is 8.87. The van der Waals surface area contributed by atoms with Crippen LogP contribution < -0.4 is 5.32 Å². The van der Waals surface area contributed by atoms with Crippen LogP contribution in [-0.2, 0) is 6.42 Å². The monoisotopic (exact) mass is 273 g/mol. The van der Waals surface area contributed by atoms with Crippen LogP contribution >= 0.6 is 0 Å². The van der Waals surface area contributed by atoms with Crippen molar-refractivity contribution in [2.45, 2.75) is 31.5 Å². The number of nitrogens with one attached hydrogen (secondary N) is 1. The van der Waals surface area contributed by atoms with Gasteiger partial charge in [-0.15, -0.1) is 0 Å². The smallest absolute Gasteiger partial charge is 0.388 e. The van der Waals surface area contributed by atoms with Crippen molar-refractivity contribution >= 4 is 5.91 Å². The molecule has 0 bridgehead atoms. The summed E-state index contributed by atoms with van der Waals surface area (Å²) in [6.45, 7) is 0.550. The van der Waals surface area contributed by atoms with Gasteiger partial charge in [-0.25, -0.2) is 0 Å². The molecule has 1 aromatic rings. The summed E-state index contributed by atoms with van der Waals surface area (Å²) in [5, 5.41) is 12.2. The number of aliphatic hydroxyl groups is 1. The highest BCUT2D eigenvalue weighted by atomic mass is 19.4. The molecule has 0 fully saturated rings. The number of carbonyl (C=O) groups is 1. The Hall–Kier alpha value is -1.56. The summed E-state index contributed by atoms with van der Waals surface area (Å²) in [6.07, 6.45) is -5.89. The molecule has 1 aliphatic heterocycles. The summed E-state index contributed by atoms with van der Waals surface area (Å²) in [4.78, 5) is 11.8. The molecule has 3 nitrogen and oxygen atoms in total. The summed E-state index contributed by atoms with van der Waals surface area (Å²) >= 11 is 0. The molecule has 0 saturated heterocycles. The van der Waals surface area contributed by atoms with Crippen molar-refractivity contribution in [2.75, 3.05) is 6.54 Å². The largest absolute Gasteiger partial charge is 0.391 e. The Labute approximate surface area is 108 Å². The number of amides is 1. The van der Waals surface area contributed by atoms with E-state index in [1.807, 2.05) is 0 Å². The van der Waals surface area contributed by atoms with Gasteiger partial charge in [0.15, 0.2) is 0 Å². The third-order valence-electron chi connectivity index (χ3n) is 3.10. The van der Waals surface area contributed by atoms with Gasteiger partial charge in [-0.2, -0.15) is 13.2 Å². The third-order valence-corrected chi connectivity index (χ3v) is 3.10. The molecule has 6 heteroatoms.